The highest BCUT2D eigenvalue weighted by Crippen LogP contribution is 2.20. The van der Waals surface area contributed by atoms with E-state index in [0.29, 0.717) is 22.7 Å². The van der Waals surface area contributed by atoms with Crippen molar-refractivity contribution in [1.29, 1.82) is 0 Å². The summed E-state index contributed by atoms with van der Waals surface area (Å²) in [5, 5.41) is 3.55. The lowest BCUT2D eigenvalue weighted by molar-refractivity contribution is 0.102. The van der Waals surface area contributed by atoms with Gasteiger partial charge in [-0.1, -0.05) is 18.2 Å². The number of nitrogens with zero attached hydrogens (tertiary/aromatic N) is 2. The molecule has 0 saturated heterocycles. The first-order valence-corrected chi connectivity index (χ1v) is 6.53. The van der Waals surface area contributed by atoms with E-state index < -0.39 is 0 Å². The first-order valence-electron chi connectivity index (χ1n) is 6.53. The predicted molar refractivity (Wildman–Crippen MR) is 83.1 cm³/mol. The minimum absolute atomic E-state index is 0.251. The second kappa shape index (κ2) is 5.20. The van der Waals surface area contributed by atoms with E-state index in [2.05, 4.69) is 15.3 Å². The number of benzene rings is 1. The third kappa shape index (κ3) is 2.67. The number of amides is 1. The quantitative estimate of drug-likeness (QED) is 0.755. The third-order valence-electron chi connectivity index (χ3n) is 3.14. The number of anilines is 2. The highest BCUT2D eigenvalue weighted by Gasteiger charge is 2.12. The van der Waals surface area contributed by atoms with Crippen LogP contribution < -0.4 is 11.1 Å². The maximum atomic E-state index is 12.5. The smallest absolute Gasteiger partial charge is 0.257 e. The van der Waals surface area contributed by atoms with Crippen LogP contribution in [0, 0.1) is 6.92 Å². The maximum Gasteiger partial charge on any atom is 0.257 e. The molecule has 0 spiro atoms. The molecule has 104 valence electrons. The van der Waals surface area contributed by atoms with Crippen molar-refractivity contribution < 1.29 is 4.79 Å². The Labute approximate surface area is 121 Å². The van der Waals surface area contributed by atoms with Crippen LogP contribution in [0.3, 0.4) is 0 Å². The van der Waals surface area contributed by atoms with Gasteiger partial charge in [0.1, 0.15) is 11.6 Å². The molecule has 2 aromatic heterocycles. The molecule has 3 N–H and O–H groups in total. The predicted octanol–water partition coefficient (Wildman–Crippen LogP) is 2.77. The Morgan fingerprint density at radius 1 is 1.19 bits per heavy atom. The topological polar surface area (TPSA) is 80.9 Å². The Morgan fingerprint density at radius 2 is 2.00 bits per heavy atom. The molecule has 5 heteroatoms. The zero-order chi connectivity index (χ0) is 14.8. The Bertz CT molecular complexity index is 829. The van der Waals surface area contributed by atoms with Gasteiger partial charge in [-0.15, -0.1) is 0 Å². The average molecular weight is 278 g/mol. The monoisotopic (exact) mass is 278 g/mol. The number of hydrogen-bond acceptors (Lipinski definition) is 4. The van der Waals surface area contributed by atoms with Gasteiger partial charge < -0.3 is 11.1 Å². The first-order chi connectivity index (χ1) is 10.1. The van der Waals surface area contributed by atoms with Gasteiger partial charge in [-0.3, -0.25) is 4.79 Å². The Hall–Kier alpha value is -2.95. The molecule has 0 aliphatic rings. The van der Waals surface area contributed by atoms with Gasteiger partial charge in [0.2, 0.25) is 0 Å². The molecule has 21 heavy (non-hydrogen) atoms. The molecule has 1 aromatic carbocycles. The number of nitrogens with one attached hydrogen (secondary N) is 1. The minimum Gasteiger partial charge on any atom is -0.384 e. The molecule has 0 atom stereocenters. The largest absolute Gasteiger partial charge is 0.384 e. The van der Waals surface area contributed by atoms with E-state index in [1.54, 1.807) is 12.3 Å². The zero-order valence-electron chi connectivity index (χ0n) is 11.5. The van der Waals surface area contributed by atoms with Crippen LogP contribution in [0.5, 0.6) is 0 Å². The highest BCUT2D eigenvalue weighted by molar-refractivity contribution is 6.12. The number of nitrogens with two attached hydrogens (primary N) is 1. The normalized spacial score (nSPS) is 10.5. The fourth-order valence-corrected chi connectivity index (χ4v) is 2.17. The fraction of sp³-hybridized carbons (Fsp3) is 0.0625. The third-order valence-corrected chi connectivity index (χ3v) is 3.14. The van der Waals surface area contributed by atoms with E-state index in [4.69, 9.17) is 5.73 Å². The summed E-state index contributed by atoms with van der Waals surface area (Å²) in [4.78, 5) is 20.8. The number of hydrogen-bond donors (Lipinski definition) is 2. The molecule has 0 radical (unpaired) electrons. The summed E-state index contributed by atoms with van der Waals surface area (Å²) in [7, 11) is 0. The van der Waals surface area contributed by atoms with Gasteiger partial charge in [0, 0.05) is 11.6 Å². The number of pyridine rings is 2. The van der Waals surface area contributed by atoms with Crippen molar-refractivity contribution in [3.63, 3.8) is 0 Å². The molecule has 0 saturated carbocycles. The summed E-state index contributed by atoms with van der Waals surface area (Å²) in [6, 6.07) is 12.7. The van der Waals surface area contributed by atoms with Crippen molar-refractivity contribution in [2.75, 3.05) is 11.1 Å². The van der Waals surface area contributed by atoms with E-state index in [9.17, 15) is 4.79 Å². The second-order valence-corrected chi connectivity index (χ2v) is 4.78. The Kier molecular flexibility index (Phi) is 3.23. The number of aromatic nitrogens is 2. The van der Waals surface area contributed by atoms with E-state index in [1.165, 1.54) is 0 Å². The summed E-state index contributed by atoms with van der Waals surface area (Å²) < 4.78 is 0. The van der Waals surface area contributed by atoms with Gasteiger partial charge in [-0.2, -0.15) is 0 Å². The lowest BCUT2D eigenvalue weighted by atomic mass is 10.1. The van der Waals surface area contributed by atoms with Crippen molar-refractivity contribution in [1.82, 2.24) is 9.97 Å². The van der Waals surface area contributed by atoms with Crippen LogP contribution in [0.25, 0.3) is 10.9 Å². The molecule has 1 amide bonds. The molecule has 5 nitrogen and oxygen atoms in total. The van der Waals surface area contributed by atoms with Crippen LogP contribution in [0.4, 0.5) is 11.6 Å². The van der Waals surface area contributed by atoms with Crippen molar-refractivity contribution in [2.45, 2.75) is 6.92 Å². The van der Waals surface area contributed by atoms with Crippen molar-refractivity contribution in [3.8, 4) is 0 Å². The molecule has 0 aliphatic carbocycles. The molecule has 0 aliphatic heterocycles. The molecule has 2 heterocycles. The van der Waals surface area contributed by atoms with Crippen LogP contribution in [0.2, 0.25) is 0 Å². The summed E-state index contributed by atoms with van der Waals surface area (Å²) in [5.74, 6) is 0.578. The first kappa shape index (κ1) is 13.1. The number of carbonyl (C=O) groups excluding carboxylic acids is 1. The van der Waals surface area contributed by atoms with Crippen LogP contribution in [0.15, 0.2) is 48.7 Å². The van der Waals surface area contributed by atoms with Crippen LogP contribution in [-0.4, -0.2) is 15.9 Å². The van der Waals surface area contributed by atoms with Crippen LogP contribution >= 0.6 is 0 Å². The van der Waals surface area contributed by atoms with E-state index in [0.717, 1.165) is 10.9 Å². The lowest BCUT2D eigenvalue weighted by Crippen LogP contribution is -2.14. The molecule has 0 bridgehead atoms. The number of carbonyl (C=O) groups is 1. The lowest BCUT2D eigenvalue weighted by Gasteiger charge is -2.08. The Balaban J connectivity index is 2.02. The van der Waals surface area contributed by atoms with Crippen molar-refractivity contribution in [2.24, 2.45) is 0 Å². The van der Waals surface area contributed by atoms with Crippen LogP contribution in [-0.2, 0) is 0 Å². The number of nitrogen functional groups attached to an aromatic ring is 1. The molecule has 3 rings (SSSR count). The van der Waals surface area contributed by atoms with Gasteiger partial charge in [-0.05, 0) is 36.8 Å². The molecular weight excluding hydrogens is 264 g/mol. The van der Waals surface area contributed by atoms with Gasteiger partial charge in [-0.25, -0.2) is 9.97 Å². The maximum absolute atomic E-state index is 12.5. The number of rotatable bonds is 2. The summed E-state index contributed by atoms with van der Waals surface area (Å²) in [6.07, 6.45) is 1.66. The summed E-state index contributed by atoms with van der Waals surface area (Å²) in [5.41, 5.74) is 7.98. The number of aryl methyl sites for hydroxylation is 1. The van der Waals surface area contributed by atoms with E-state index >= 15 is 0 Å². The SMILES string of the molecule is Cc1ccnc(NC(=O)c2cc(N)nc3ccccc23)c1. The molecule has 3 aromatic rings. The molecular formula is C16H14N4O. The van der Waals surface area contributed by atoms with E-state index in [1.807, 2.05) is 43.3 Å². The molecule has 0 unspecified atom stereocenters. The van der Waals surface area contributed by atoms with Gasteiger partial charge in [0.05, 0.1) is 11.1 Å². The van der Waals surface area contributed by atoms with Gasteiger partial charge in [0.15, 0.2) is 0 Å². The summed E-state index contributed by atoms with van der Waals surface area (Å²) in [6.45, 7) is 1.94. The minimum atomic E-state index is -0.251. The van der Waals surface area contributed by atoms with Crippen LogP contribution in [0.1, 0.15) is 15.9 Å². The average Bonchev–Trinajstić information content (AvgIpc) is 2.46. The Morgan fingerprint density at radius 3 is 2.81 bits per heavy atom. The number of para-hydroxylation sites is 1. The highest BCUT2D eigenvalue weighted by atomic mass is 16.1. The van der Waals surface area contributed by atoms with Gasteiger partial charge >= 0.3 is 0 Å². The van der Waals surface area contributed by atoms with Crippen molar-refractivity contribution in [3.05, 3.63) is 59.8 Å². The second-order valence-electron chi connectivity index (χ2n) is 4.78. The van der Waals surface area contributed by atoms with Crippen molar-refractivity contribution >= 4 is 28.4 Å². The zero-order valence-corrected chi connectivity index (χ0v) is 11.5. The standard InChI is InChI=1S/C16H14N4O/c1-10-6-7-18-15(8-10)20-16(21)12-9-14(17)19-13-5-3-2-4-11(12)13/h2-9H,1H3,(H2,17,19)(H,18,20,21). The van der Waals surface area contributed by atoms with E-state index in [-0.39, 0.29) is 5.91 Å². The summed E-state index contributed by atoms with van der Waals surface area (Å²) >= 11 is 0. The van der Waals surface area contributed by atoms with Gasteiger partial charge in [0.25, 0.3) is 5.91 Å². The molecule has 0 fully saturated rings. The number of fused-ring (bicyclic) bond motifs is 1. The fourth-order valence-electron chi connectivity index (χ4n) is 2.17.